The zero-order valence-electron chi connectivity index (χ0n) is 23.9. The van der Waals surface area contributed by atoms with E-state index >= 15 is 0 Å². The van der Waals surface area contributed by atoms with Gasteiger partial charge in [-0.05, 0) is 76.3 Å². The van der Waals surface area contributed by atoms with E-state index in [1.807, 2.05) is 60.7 Å². The molecule has 1 aliphatic rings. The van der Waals surface area contributed by atoms with Crippen LogP contribution in [-0.4, -0.2) is 49.1 Å². The van der Waals surface area contributed by atoms with Crippen molar-refractivity contribution in [3.05, 3.63) is 132 Å². The quantitative estimate of drug-likeness (QED) is 0.171. The van der Waals surface area contributed by atoms with Crippen LogP contribution in [0.4, 0.5) is 5.69 Å². The lowest BCUT2D eigenvalue weighted by Gasteiger charge is -2.36. The van der Waals surface area contributed by atoms with Gasteiger partial charge in [0.15, 0.2) is 0 Å². The maximum absolute atomic E-state index is 12.6. The third-order valence-corrected chi connectivity index (χ3v) is 8.00. The van der Waals surface area contributed by atoms with E-state index in [-0.39, 0.29) is 0 Å². The average molecular weight is 590 g/mol. The first-order valence-electron chi connectivity index (χ1n) is 14.3. The molecule has 0 bridgehead atoms. The smallest absolute Gasteiger partial charge is 0.341 e. The van der Waals surface area contributed by atoms with Gasteiger partial charge in [-0.25, -0.2) is 4.79 Å². The van der Waals surface area contributed by atoms with Gasteiger partial charge in [0.25, 0.3) is 0 Å². The van der Waals surface area contributed by atoms with E-state index in [9.17, 15) is 4.79 Å². The van der Waals surface area contributed by atoms with E-state index in [2.05, 4.69) is 51.2 Å². The second-order valence-electron chi connectivity index (χ2n) is 10.5. The SMILES string of the molecule is COC(=O)c1ccc(N2CCN(Cc3ccccc3-c3ccc(Cl)cc3)CC2)cc1Oc1cccc(-c2ccncc2)c1. The summed E-state index contributed by atoms with van der Waals surface area (Å²) in [6.45, 7) is 4.42. The topological polar surface area (TPSA) is 54.9 Å². The van der Waals surface area contributed by atoms with Crippen LogP contribution in [0.15, 0.2) is 116 Å². The molecular weight excluding hydrogens is 558 g/mol. The third-order valence-electron chi connectivity index (χ3n) is 7.75. The number of nitrogens with zero attached hydrogens (tertiary/aromatic N) is 3. The number of pyridine rings is 1. The van der Waals surface area contributed by atoms with Crippen molar-refractivity contribution in [2.45, 2.75) is 6.54 Å². The lowest BCUT2D eigenvalue weighted by Crippen LogP contribution is -2.46. The summed E-state index contributed by atoms with van der Waals surface area (Å²) >= 11 is 6.12. The molecule has 1 saturated heterocycles. The summed E-state index contributed by atoms with van der Waals surface area (Å²) in [5.41, 5.74) is 7.14. The summed E-state index contributed by atoms with van der Waals surface area (Å²) in [6, 6.07) is 34.0. The molecule has 0 amide bonds. The lowest BCUT2D eigenvalue weighted by atomic mass is 9.99. The molecule has 0 spiro atoms. The molecule has 43 heavy (non-hydrogen) atoms. The van der Waals surface area contributed by atoms with Crippen LogP contribution in [0.25, 0.3) is 22.3 Å². The zero-order valence-corrected chi connectivity index (χ0v) is 24.7. The van der Waals surface area contributed by atoms with Gasteiger partial charge in [0, 0.05) is 61.9 Å². The molecule has 0 atom stereocenters. The van der Waals surface area contributed by atoms with E-state index in [1.54, 1.807) is 18.5 Å². The monoisotopic (exact) mass is 589 g/mol. The fourth-order valence-corrected chi connectivity index (χ4v) is 5.58. The summed E-state index contributed by atoms with van der Waals surface area (Å²) in [4.78, 5) is 21.6. The van der Waals surface area contributed by atoms with Crippen LogP contribution in [0, 0.1) is 0 Å². The van der Waals surface area contributed by atoms with Crippen molar-refractivity contribution < 1.29 is 14.3 Å². The molecule has 0 N–H and O–H groups in total. The van der Waals surface area contributed by atoms with E-state index in [0.29, 0.717) is 17.1 Å². The molecule has 1 aromatic heterocycles. The number of carbonyl (C=O) groups is 1. The van der Waals surface area contributed by atoms with Gasteiger partial charge in [-0.2, -0.15) is 0 Å². The van der Waals surface area contributed by atoms with Crippen LogP contribution < -0.4 is 9.64 Å². The number of hydrogen-bond acceptors (Lipinski definition) is 6. The standard InChI is InChI=1S/C36H32ClN3O3/c1-42-36(41)34-14-13-31(24-35(34)43-32-7-4-6-28(23-32)26-15-17-38-18-16-26)40-21-19-39(20-22-40)25-29-5-2-3-8-33(29)27-9-11-30(37)12-10-27/h2-18,23-24H,19-22,25H2,1H3. The number of ether oxygens (including phenoxy) is 2. The van der Waals surface area contributed by atoms with Gasteiger partial charge in [-0.1, -0.05) is 60.1 Å². The first-order chi connectivity index (χ1) is 21.1. The van der Waals surface area contributed by atoms with Crippen molar-refractivity contribution >= 4 is 23.3 Å². The van der Waals surface area contributed by atoms with Crippen molar-refractivity contribution in [1.82, 2.24) is 9.88 Å². The first kappa shape index (κ1) is 28.5. The Balaban J connectivity index is 1.17. The van der Waals surface area contributed by atoms with Gasteiger partial charge >= 0.3 is 5.97 Å². The van der Waals surface area contributed by atoms with Crippen LogP contribution in [0.3, 0.4) is 0 Å². The molecule has 4 aromatic carbocycles. The van der Waals surface area contributed by atoms with Crippen LogP contribution in [0.1, 0.15) is 15.9 Å². The second-order valence-corrected chi connectivity index (χ2v) is 10.9. The van der Waals surface area contributed by atoms with Crippen molar-refractivity contribution in [2.24, 2.45) is 0 Å². The number of aromatic nitrogens is 1. The predicted molar refractivity (Wildman–Crippen MR) is 172 cm³/mol. The number of benzene rings is 4. The van der Waals surface area contributed by atoms with E-state index in [0.717, 1.165) is 54.6 Å². The molecule has 7 heteroatoms. The number of halogens is 1. The predicted octanol–water partition coefficient (Wildman–Crippen LogP) is 7.97. The molecule has 2 heterocycles. The van der Waals surface area contributed by atoms with E-state index in [4.69, 9.17) is 21.1 Å². The molecule has 0 saturated carbocycles. The number of carbonyl (C=O) groups excluding carboxylic acids is 1. The Bertz CT molecular complexity index is 1700. The molecule has 6 nitrogen and oxygen atoms in total. The number of rotatable bonds is 8. The summed E-state index contributed by atoms with van der Waals surface area (Å²) in [6.07, 6.45) is 3.53. The molecular formula is C36H32ClN3O3. The van der Waals surface area contributed by atoms with Crippen molar-refractivity contribution in [2.75, 3.05) is 38.2 Å². The zero-order chi connectivity index (χ0) is 29.6. The van der Waals surface area contributed by atoms with Crippen LogP contribution >= 0.6 is 11.6 Å². The average Bonchev–Trinajstić information content (AvgIpc) is 3.06. The summed E-state index contributed by atoms with van der Waals surface area (Å²) in [7, 11) is 1.38. The molecule has 1 fully saturated rings. The normalized spacial score (nSPS) is 13.5. The number of methoxy groups -OCH3 is 1. The minimum atomic E-state index is -0.434. The van der Waals surface area contributed by atoms with Crippen LogP contribution in [0.2, 0.25) is 5.02 Å². The van der Waals surface area contributed by atoms with Gasteiger partial charge in [0.2, 0.25) is 0 Å². The second kappa shape index (κ2) is 13.1. The maximum atomic E-state index is 12.6. The summed E-state index contributed by atoms with van der Waals surface area (Å²) in [5.74, 6) is 0.673. The molecule has 1 aliphatic heterocycles. The highest BCUT2D eigenvalue weighted by Gasteiger charge is 2.21. The molecule has 6 rings (SSSR count). The Morgan fingerprint density at radius 1 is 0.791 bits per heavy atom. The highest BCUT2D eigenvalue weighted by Crippen LogP contribution is 2.33. The fourth-order valence-electron chi connectivity index (χ4n) is 5.46. The molecule has 5 aromatic rings. The number of hydrogen-bond donors (Lipinski definition) is 0. The number of esters is 1. The molecule has 0 radical (unpaired) electrons. The van der Waals surface area contributed by atoms with Gasteiger partial charge in [-0.3, -0.25) is 9.88 Å². The summed E-state index contributed by atoms with van der Waals surface area (Å²) in [5, 5.41) is 0.740. The van der Waals surface area contributed by atoms with Gasteiger partial charge in [0.05, 0.1) is 7.11 Å². The van der Waals surface area contributed by atoms with Gasteiger partial charge in [-0.15, -0.1) is 0 Å². The number of piperazine rings is 1. The third kappa shape index (κ3) is 6.72. The first-order valence-corrected chi connectivity index (χ1v) is 14.7. The fraction of sp³-hybridized carbons (Fsp3) is 0.167. The minimum Gasteiger partial charge on any atom is -0.465 e. The van der Waals surface area contributed by atoms with E-state index in [1.165, 1.54) is 23.8 Å². The maximum Gasteiger partial charge on any atom is 0.341 e. The molecule has 0 aliphatic carbocycles. The van der Waals surface area contributed by atoms with Gasteiger partial charge < -0.3 is 14.4 Å². The Labute approximate surface area is 257 Å². The van der Waals surface area contributed by atoms with Crippen molar-refractivity contribution in [1.29, 1.82) is 0 Å². The molecule has 216 valence electrons. The number of anilines is 1. The minimum absolute atomic E-state index is 0.387. The van der Waals surface area contributed by atoms with Crippen molar-refractivity contribution in [3.8, 4) is 33.8 Å². The largest absolute Gasteiger partial charge is 0.465 e. The highest BCUT2D eigenvalue weighted by atomic mass is 35.5. The van der Waals surface area contributed by atoms with Crippen molar-refractivity contribution in [3.63, 3.8) is 0 Å². The van der Waals surface area contributed by atoms with Crippen LogP contribution in [0.5, 0.6) is 11.5 Å². The Hall–Kier alpha value is -4.65. The Morgan fingerprint density at radius 2 is 1.56 bits per heavy atom. The van der Waals surface area contributed by atoms with Crippen LogP contribution in [-0.2, 0) is 11.3 Å². The van der Waals surface area contributed by atoms with Gasteiger partial charge in [0.1, 0.15) is 17.1 Å². The Kier molecular flexibility index (Phi) is 8.68. The Morgan fingerprint density at radius 3 is 2.33 bits per heavy atom. The highest BCUT2D eigenvalue weighted by molar-refractivity contribution is 6.30. The van der Waals surface area contributed by atoms with E-state index < -0.39 is 5.97 Å². The lowest BCUT2D eigenvalue weighted by molar-refractivity contribution is 0.0598. The summed E-state index contributed by atoms with van der Waals surface area (Å²) < 4.78 is 11.4. The molecule has 0 unspecified atom stereocenters.